The minimum absolute atomic E-state index is 0.123. The molecule has 0 saturated carbocycles. The van der Waals surface area contributed by atoms with E-state index in [0.717, 1.165) is 31.0 Å². The lowest BCUT2D eigenvalue weighted by Crippen LogP contribution is -2.57. The van der Waals surface area contributed by atoms with Gasteiger partial charge in [-0.2, -0.15) is 0 Å². The van der Waals surface area contributed by atoms with Gasteiger partial charge in [0.2, 0.25) is 5.91 Å². The smallest absolute Gasteiger partial charge is 0.311 e. The molecule has 2 aliphatic heterocycles. The average molecular weight is 424 g/mol. The molecule has 4 rings (SSSR count). The summed E-state index contributed by atoms with van der Waals surface area (Å²) < 4.78 is 10.5. The third kappa shape index (κ3) is 4.16. The Balaban J connectivity index is 1.44. The molecular formula is C24H28N2O5. The Kier molecular flexibility index (Phi) is 6.25. The van der Waals surface area contributed by atoms with Crippen molar-refractivity contribution in [3.05, 3.63) is 60.9 Å². The van der Waals surface area contributed by atoms with Gasteiger partial charge in [0.1, 0.15) is 5.76 Å². The van der Waals surface area contributed by atoms with Crippen LogP contribution in [0.3, 0.4) is 0 Å². The van der Waals surface area contributed by atoms with Crippen LogP contribution in [0, 0.1) is 5.92 Å². The van der Waals surface area contributed by atoms with Crippen molar-refractivity contribution in [2.75, 3.05) is 26.8 Å². The molecule has 0 N–H and O–H groups in total. The number of carbonyl (C=O) groups excluding carboxylic acids is 2. The summed E-state index contributed by atoms with van der Waals surface area (Å²) in [6.07, 6.45) is 4.70. The van der Waals surface area contributed by atoms with Crippen molar-refractivity contribution in [2.45, 2.75) is 31.3 Å². The lowest BCUT2D eigenvalue weighted by atomic mass is 9.77. The highest BCUT2D eigenvalue weighted by Gasteiger charge is 2.58. The van der Waals surface area contributed by atoms with Crippen molar-refractivity contribution in [3.63, 3.8) is 0 Å². The number of likely N-dealkylation sites (tertiary alicyclic amines) is 1. The number of amides is 1. The minimum Gasteiger partial charge on any atom is -0.469 e. The average Bonchev–Trinajstić information content (AvgIpc) is 3.42. The third-order valence-electron chi connectivity index (χ3n) is 6.35. The quantitative estimate of drug-likeness (QED) is 0.501. The normalized spacial score (nSPS) is 20.9. The molecule has 7 nitrogen and oxygen atoms in total. The van der Waals surface area contributed by atoms with Gasteiger partial charge < -0.3 is 9.15 Å². The van der Waals surface area contributed by atoms with Crippen molar-refractivity contribution in [1.82, 2.24) is 9.96 Å². The number of hydrogen-bond acceptors (Lipinski definition) is 6. The van der Waals surface area contributed by atoms with Gasteiger partial charge in [-0.25, -0.2) is 5.06 Å². The summed E-state index contributed by atoms with van der Waals surface area (Å²) in [6, 6.07) is 12.2. The maximum atomic E-state index is 12.6. The molecule has 0 bridgehead atoms. The number of hydroxylamine groups is 2. The van der Waals surface area contributed by atoms with E-state index in [9.17, 15) is 9.59 Å². The molecule has 1 amide bonds. The van der Waals surface area contributed by atoms with Crippen LogP contribution in [0.25, 0.3) is 11.3 Å². The molecule has 31 heavy (non-hydrogen) atoms. The standard InChI is InChI=1S/C24H28N2O5/c1-3-14-31-26-22(27)16-20(23(28)29-2)24(26)10-12-25(13-11-24)17-18-6-8-19(9-7-18)21-5-4-15-30-21/h3-9,15,20H,1,10-14,16-17H2,2H3/t20-/m1/s1. The number of furan rings is 1. The summed E-state index contributed by atoms with van der Waals surface area (Å²) in [5.41, 5.74) is 1.59. The Morgan fingerprint density at radius 1 is 1.26 bits per heavy atom. The molecular weight excluding hydrogens is 396 g/mol. The molecule has 1 aromatic heterocycles. The first-order chi connectivity index (χ1) is 15.1. The van der Waals surface area contributed by atoms with E-state index in [1.54, 1.807) is 12.3 Å². The van der Waals surface area contributed by atoms with Gasteiger partial charge in [0, 0.05) is 31.6 Å². The Labute approximate surface area is 182 Å². The van der Waals surface area contributed by atoms with E-state index >= 15 is 0 Å². The maximum Gasteiger partial charge on any atom is 0.311 e. The van der Waals surface area contributed by atoms with E-state index in [1.165, 1.54) is 17.7 Å². The Bertz CT molecular complexity index is 914. The predicted molar refractivity (Wildman–Crippen MR) is 115 cm³/mol. The third-order valence-corrected chi connectivity index (χ3v) is 6.35. The van der Waals surface area contributed by atoms with E-state index in [2.05, 4.69) is 35.7 Å². The second-order valence-electron chi connectivity index (χ2n) is 8.11. The molecule has 2 saturated heterocycles. The zero-order valence-corrected chi connectivity index (χ0v) is 17.8. The molecule has 0 aliphatic carbocycles. The number of rotatable bonds is 7. The molecule has 2 aliphatic rings. The summed E-state index contributed by atoms with van der Waals surface area (Å²) in [4.78, 5) is 33.1. The zero-order chi connectivity index (χ0) is 21.8. The van der Waals surface area contributed by atoms with Crippen molar-refractivity contribution in [3.8, 4) is 11.3 Å². The van der Waals surface area contributed by atoms with E-state index in [4.69, 9.17) is 14.0 Å². The SMILES string of the molecule is C=CCON1C(=O)C[C@H](C(=O)OC)C12CCN(Cc1ccc(-c3ccco3)cc1)CC2. The zero-order valence-electron chi connectivity index (χ0n) is 17.8. The largest absolute Gasteiger partial charge is 0.469 e. The number of methoxy groups -OCH3 is 1. The van der Waals surface area contributed by atoms with Crippen LogP contribution in [0.4, 0.5) is 0 Å². The molecule has 1 spiro atoms. The van der Waals surface area contributed by atoms with Crippen molar-refractivity contribution >= 4 is 11.9 Å². The maximum absolute atomic E-state index is 12.6. The second kappa shape index (κ2) is 9.08. The molecule has 164 valence electrons. The highest BCUT2D eigenvalue weighted by molar-refractivity contribution is 5.88. The van der Waals surface area contributed by atoms with Gasteiger partial charge in [-0.05, 0) is 30.5 Å². The summed E-state index contributed by atoms with van der Waals surface area (Å²) in [5, 5.41) is 1.44. The van der Waals surface area contributed by atoms with E-state index in [0.29, 0.717) is 12.8 Å². The summed E-state index contributed by atoms with van der Waals surface area (Å²) in [7, 11) is 1.37. The van der Waals surface area contributed by atoms with Crippen LogP contribution in [0.1, 0.15) is 24.8 Å². The fourth-order valence-electron chi connectivity index (χ4n) is 4.74. The molecule has 1 aromatic carbocycles. The van der Waals surface area contributed by atoms with Crippen LogP contribution in [0.15, 0.2) is 59.7 Å². The van der Waals surface area contributed by atoms with Crippen molar-refractivity contribution in [1.29, 1.82) is 0 Å². The summed E-state index contributed by atoms with van der Waals surface area (Å²) in [6.45, 7) is 6.21. The van der Waals surface area contributed by atoms with Crippen LogP contribution < -0.4 is 0 Å². The van der Waals surface area contributed by atoms with Gasteiger partial charge in [0.15, 0.2) is 0 Å². The van der Waals surface area contributed by atoms with Gasteiger partial charge in [-0.1, -0.05) is 30.3 Å². The molecule has 2 fully saturated rings. The van der Waals surface area contributed by atoms with Crippen LogP contribution in [-0.4, -0.2) is 54.2 Å². The molecule has 7 heteroatoms. The molecule has 3 heterocycles. The lowest BCUT2D eigenvalue weighted by molar-refractivity contribution is -0.218. The number of ether oxygens (including phenoxy) is 1. The fraction of sp³-hybridized carbons (Fsp3) is 0.417. The van der Waals surface area contributed by atoms with E-state index in [1.807, 2.05) is 12.1 Å². The highest BCUT2D eigenvalue weighted by atomic mass is 16.7. The first-order valence-electron chi connectivity index (χ1n) is 10.6. The van der Waals surface area contributed by atoms with Gasteiger partial charge in [-0.3, -0.25) is 19.3 Å². The van der Waals surface area contributed by atoms with Gasteiger partial charge in [0.25, 0.3) is 0 Å². The predicted octanol–water partition coefficient (Wildman–Crippen LogP) is 3.42. The summed E-state index contributed by atoms with van der Waals surface area (Å²) >= 11 is 0. The van der Waals surface area contributed by atoms with Crippen LogP contribution in [0.5, 0.6) is 0 Å². The molecule has 0 unspecified atom stereocenters. The number of nitrogens with zero attached hydrogens (tertiary/aromatic N) is 2. The number of esters is 1. The van der Waals surface area contributed by atoms with Crippen LogP contribution in [-0.2, 0) is 25.7 Å². The molecule has 2 aromatic rings. The minimum atomic E-state index is -0.660. The highest BCUT2D eigenvalue weighted by Crippen LogP contribution is 2.44. The van der Waals surface area contributed by atoms with Gasteiger partial charge >= 0.3 is 5.97 Å². The van der Waals surface area contributed by atoms with Crippen LogP contribution >= 0.6 is 0 Å². The number of carbonyl (C=O) groups is 2. The van der Waals surface area contributed by atoms with E-state index in [-0.39, 0.29) is 24.9 Å². The lowest BCUT2D eigenvalue weighted by Gasteiger charge is -2.45. The van der Waals surface area contributed by atoms with Gasteiger partial charge in [0.05, 0.1) is 31.4 Å². The number of piperidine rings is 1. The Morgan fingerprint density at radius 2 is 2.00 bits per heavy atom. The Hall–Kier alpha value is -2.90. The second-order valence-corrected chi connectivity index (χ2v) is 8.11. The molecule has 0 radical (unpaired) electrons. The topological polar surface area (TPSA) is 72.2 Å². The van der Waals surface area contributed by atoms with Crippen molar-refractivity contribution in [2.24, 2.45) is 5.92 Å². The first-order valence-corrected chi connectivity index (χ1v) is 10.6. The summed E-state index contributed by atoms with van der Waals surface area (Å²) in [5.74, 6) is -0.172. The molecule has 1 atom stereocenters. The van der Waals surface area contributed by atoms with Crippen LogP contribution in [0.2, 0.25) is 0 Å². The fourth-order valence-corrected chi connectivity index (χ4v) is 4.74. The number of hydrogen-bond donors (Lipinski definition) is 0. The van der Waals surface area contributed by atoms with E-state index < -0.39 is 11.5 Å². The number of benzene rings is 1. The van der Waals surface area contributed by atoms with Crippen molar-refractivity contribution < 1.29 is 23.6 Å². The Morgan fingerprint density at radius 3 is 2.61 bits per heavy atom. The van der Waals surface area contributed by atoms with Gasteiger partial charge in [-0.15, -0.1) is 6.58 Å². The first kappa shape index (κ1) is 21.3. The monoisotopic (exact) mass is 424 g/mol.